The van der Waals surface area contributed by atoms with Gasteiger partial charge in [-0.05, 0) is 42.7 Å². The summed E-state index contributed by atoms with van der Waals surface area (Å²) in [4.78, 5) is 10.8. The largest absolute Gasteiger partial charge is 0.481 e. The molecule has 0 fully saturated rings. The van der Waals surface area contributed by atoms with Gasteiger partial charge in [0.05, 0.1) is 18.6 Å². The maximum Gasteiger partial charge on any atom is 0.305 e. The summed E-state index contributed by atoms with van der Waals surface area (Å²) in [6.45, 7) is 6.20. The number of hydrogen-bond donors (Lipinski definition) is 3. The Bertz CT molecular complexity index is 1120. The van der Waals surface area contributed by atoms with Crippen LogP contribution in [0, 0.1) is 12.7 Å². The van der Waals surface area contributed by atoms with Crippen LogP contribution in [0.5, 0.6) is 0 Å². The molecule has 0 radical (unpaired) electrons. The number of rotatable bonds is 9. The molecule has 3 aromatic rings. The van der Waals surface area contributed by atoms with E-state index in [9.17, 15) is 19.4 Å². The first-order valence-electron chi connectivity index (χ1n) is 11.0. The number of halogens is 1. The monoisotopic (exact) mass is 451 g/mol. The standard InChI is InChI=1S/C27H30FNO4/c1-17(2)27-24(14-13-22(30)15-23(31)16-25(32)33)26(19-9-11-20(28)12-10-19)18(3)29(27)21-7-5-4-6-8-21/h4-14,17,22-23,30-31H,15-16H2,1-3H3,(H,32,33)/b14-13+. The first kappa shape index (κ1) is 24.4. The van der Waals surface area contributed by atoms with Crippen molar-refractivity contribution < 1.29 is 24.5 Å². The first-order chi connectivity index (χ1) is 15.7. The zero-order valence-electron chi connectivity index (χ0n) is 19.1. The van der Waals surface area contributed by atoms with E-state index in [4.69, 9.17) is 5.11 Å². The lowest BCUT2D eigenvalue weighted by molar-refractivity contribution is -0.139. The number of aliphatic carboxylic acids is 1. The quantitative estimate of drug-likeness (QED) is 0.411. The molecule has 6 heteroatoms. The second-order valence-corrected chi connectivity index (χ2v) is 8.51. The predicted molar refractivity (Wildman–Crippen MR) is 128 cm³/mol. The molecule has 5 nitrogen and oxygen atoms in total. The van der Waals surface area contributed by atoms with Crippen LogP contribution in [0.1, 0.15) is 49.6 Å². The summed E-state index contributed by atoms with van der Waals surface area (Å²) in [5, 5.41) is 29.1. The van der Waals surface area contributed by atoms with Crippen LogP contribution in [0.4, 0.5) is 4.39 Å². The highest BCUT2D eigenvalue weighted by Gasteiger charge is 2.23. The molecule has 0 saturated heterocycles. The zero-order chi connectivity index (χ0) is 24.1. The number of carboxylic acid groups (broad SMARTS) is 1. The molecule has 0 bridgehead atoms. The average molecular weight is 452 g/mol. The summed E-state index contributed by atoms with van der Waals surface area (Å²) in [5.41, 5.74) is 5.69. The Labute approximate surface area is 193 Å². The Kier molecular flexibility index (Phi) is 7.84. The number of benzene rings is 2. The minimum Gasteiger partial charge on any atom is -0.481 e. The number of carbonyl (C=O) groups is 1. The SMILES string of the molecule is Cc1c(-c2ccc(F)cc2)c(/C=C/C(O)CC(O)CC(=O)O)c(C(C)C)n1-c1ccccc1. The van der Waals surface area contributed by atoms with Crippen molar-refractivity contribution in [2.24, 2.45) is 0 Å². The zero-order valence-corrected chi connectivity index (χ0v) is 19.1. The Morgan fingerprint density at radius 3 is 2.27 bits per heavy atom. The number of para-hydroxylation sites is 1. The molecule has 0 aliphatic carbocycles. The van der Waals surface area contributed by atoms with E-state index in [-0.39, 0.29) is 18.2 Å². The number of hydrogen-bond acceptors (Lipinski definition) is 3. The summed E-state index contributed by atoms with van der Waals surface area (Å²) in [6.07, 6.45) is 0.739. The highest BCUT2D eigenvalue weighted by Crippen LogP contribution is 2.39. The molecule has 33 heavy (non-hydrogen) atoms. The van der Waals surface area contributed by atoms with Crippen molar-refractivity contribution in [2.45, 2.75) is 51.7 Å². The Morgan fingerprint density at radius 1 is 1.06 bits per heavy atom. The van der Waals surface area contributed by atoms with E-state index in [0.717, 1.165) is 33.8 Å². The Hall–Kier alpha value is -3.22. The van der Waals surface area contributed by atoms with Crippen LogP contribution in [0.2, 0.25) is 0 Å². The van der Waals surface area contributed by atoms with E-state index in [1.54, 1.807) is 18.2 Å². The van der Waals surface area contributed by atoms with E-state index in [0.29, 0.717) is 0 Å². The van der Waals surface area contributed by atoms with Crippen molar-refractivity contribution in [3.8, 4) is 16.8 Å². The van der Waals surface area contributed by atoms with Crippen LogP contribution in [0.15, 0.2) is 60.7 Å². The van der Waals surface area contributed by atoms with Gasteiger partial charge in [-0.2, -0.15) is 0 Å². The van der Waals surface area contributed by atoms with Crippen LogP contribution >= 0.6 is 0 Å². The molecule has 1 heterocycles. The number of aliphatic hydroxyl groups is 2. The van der Waals surface area contributed by atoms with Crippen molar-refractivity contribution >= 4 is 12.0 Å². The molecule has 0 spiro atoms. The molecule has 0 saturated carbocycles. The molecular formula is C27H30FNO4. The fraction of sp³-hybridized carbons (Fsp3) is 0.296. The normalized spacial score (nSPS) is 13.5. The van der Waals surface area contributed by atoms with Gasteiger partial charge >= 0.3 is 5.97 Å². The van der Waals surface area contributed by atoms with Gasteiger partial charge in [0, 0.05) is 34.6 Å². The lowest BCUT2D eigenvalue weighted by Crippen LogP contribution is -2.19. The van der Waals surface area contributed by atoms with E-state index >= 15 is 0 Å². The number of carboxylic acids is 1. The third-order valence-corrected chi connectivity index (χ3v) is 5.59. The number of aromatic nitrogens is 1. The van der Waals surface area contributed by atoms with E-state index in [1.807, 2.05) is 43.3 Å². The lowest BCUT2D eigenvalue weighted by atomic mass is 9.96. The van der Waals surface area contributed by atoms with Crippen molar-refractivity contribution in [3.05, 3.63) is 83.4 Å². The molecule has 2 atom stereocenters. The minimum absolute atomic E-state index is 0.0793. The van der Waals surface area contributed by atoms with E-state index in [2.05, 4.69) is 18.4 Å². The van der Waals surface area contributed by atoms with Gasteiger partial charge in [-0.1, -0.05) is 56.3 Å². The Morgan fingerprint density at radius 2 is 1.70 bits per heavy atom. The van der Waals surface area contributed by atoms with Crippen molar-refractivity contribution in [2.75, 3.05) is 0 Å². The summed E-state index contributed by atoms with van der Waals surface area (Å²) >= 11 is 0. The predicted octanol–water partition coefficient (Wildman–Crippen LogP) is 5.32. The topological polar surface area (TPSA) is 82.7 Å². The average Bonchev–Trinajstić information content (AvgIpc) is 3.05. The van der Waals surface area contributed by atoms with Gasteiger partial charge in [0.25, 0.3) is 0 Å². The molecule has 0 aliphatic rings. The fourth-order valence-corrected chi connectivity index (χ4v) is 4.21. The van der Waals surface area contributed by atoms with Crippen LogP contribution < -0.4 is 0 Å². The van der Waals surface area contributed by atoms with Gasteiger partial charge in [-0.15, -0.1) is 0 Å². The maximum atomic E-state index is 13.6. The van der Waals surface area contributed by atoms with Crippen LogP contribution in [-0.2, 0) is 4.79 Å². The van der Waals surface area contributed by atoms with Crippen molar-refractivity contribution in [1.29, 1.82) is 0 Å². The summed E-state index contributed by atoms with van der Waals surface area (Å²) in [6, 6.07) is 16.3. The first-order valence-corrected chi connectivity index (χ1v) is 11.0. The lowest BCUT2D eigenvalue weighted by Gasteiger charge is -2.15. The second kappa shape index (κ2) is 10.6. The number of aliphatic hydroxyl groups excluding tert-OH is 2. The van der Waals surface area contributed by atoms with Gasteiger partial charge in [-0.25, -0.2) is 4.39 Å². The smallest absolute Gasteiger partial charge is 0.305 e. The Balaban J connectivity index is 2.14. The van der Waals surface area contributed by atoms with Gasteiger partial charge in [0.2, 0.25) is 0 Å². The summed E-state index contributed by atoms with van der Waals surface area (Å²) in [5.74, 6) is -1.30. The van der Waals surface area contributed by atoms with Crippen molar-refractivity contribution in [3.63, 3.8) is 0 Å². The minimum atomic E-state index is -1.14. The highest BCUT2D eigenvalue weighted by molar-refractivity contribution is 5.81. The van der Waals surface area contributed by atoms with Gasteiger partial charge < -0.3 is 19.9 Å². The molecular weight excluding hydrogens is 421 g/mol. The molecule has 2 unspecified atom stereocenters. The van der Waals surface area contributed by atoms with Crippen molar-refractivity contribution in [1.82, 2.24) is 4.57 Å². The molecule has 0 aliphatic heterocycles. The summed E-state index contributed by atoms with van der Waals surface area (Å²) in [7, 11) is 0. The second-order valence-electron chi connectivity index (χ2n) is 8.51. The number of nitrogens with zero attached hydrogens (tertiary/aromatic N) is 1. The van der Waals surface area contributed by atoms with E-state index < -0.39 is 24.6 Å². The highest BCUT2D eigenvalue weighted by atomic mass is 19.1. The fourth-order valence-electron chi connectivity index (χ4n) is 4.21. The van der Waals surface area contributed by atoms with Crippen LogP contribution in [0.25, 0.3) is 22.9 Å². The third-order valence-electron chi connectivity index (χ3n) is 5.59. The van der Waals surface area contributed by atoms with Crippen LogP contribution in [-0.4, -0.2) is 38.1 Å². The molecule has 0 amide bonds. The maximum absolute atomic E-state index is 13.6. The molecule has 174 valence electrons. The molecule has 2 aromatic carbocycles. The van der Waals surface area contributed by atoms with Gasteiger partial charge in [0.15, 0.2) is 0 Å². The van der Waals surface area contributed by atoms with Gasteiger partial charge in [-0.3, -0.25) is 4.79 Å². The molecule has 3 rings (SSSR count). The van der Waals surface area contributed by atoms with Crippen LogP contribution in [0.3, 0.4) is 0 Å². The molecule has 3 N–H and O–H groups in total. The van der Waals surface area contributed by atoms with Gasteiger partial charge in [0.1, 0.15) is 5.82 Å². The molecule has 1 aromatic heterocycles. The van der Waals surface area contributed by atoms with E-state index in [1.165, 1.54) is 12.1 Å². The summed E-state index contributed by atoms with van der Waals surface area (Å²) < 4.78 is 15.8. The third kappa shape index (κ3) is 5.78.